The molecule has 0 unspecified atom stereocenters. The van der Waals surface area contributed by atoms with Gasteiger partial charge in [-0.25, -0.2) is 4.79 Å². The largest absolute Gasteiger partial charge is 0.450 e. The molecule has 3 aliphatic rings. The van der Waals surface area contributed by atoms with Gasteiger partial charge in [-0.3, -0.25) is 57.6 Å². The Morgan fingerprint density at radius 3 is 1.53 bits per heavy atom. The van der Waals surface area contributed by atoms with E-state index in [-0.39, 0.29) is 62.7 Å². The molecule has 3 rings (SSSR count). The maximum atomic E-state index is 15.5. The van der Waals surface area contributed by atoms with Crippen molar-refractivity contribution in [3.05, 3.63) is 0 Å². The number of unbranched alkanes of at least 4 members (excludes halogenated alkanes) is 3. The summed E-state index contributed by atoms with van der Waals surface area (Å²) in [6.45, 7) is 31.4. The number of ether oxygens (including phenoxy) is 3. The Bertz CT molecular complexity index is 2800. The van der Waals surface area contributed by atoms with Crippen LogP contribution in [0.1, 0.15) is 188 Å². The van der Waals surface area contributed by atoms with Gasteiger partial charge < -0.3 is 80.2 Å². The number of amides is 12. The van der Waals surface area contributed by atoms with Crippen molar-refractivity contribution in [3.63, 3.8) is 0 Å². The van der Waals surface area contributed by atoms with Crippen LogP contribution in [0.25, 0.3) is 0 Å². The predicted molar refractivity (Wildman–Crippen MR) is 392 cm³/mol. The van der Waals surface area contributed by atoms with Crippen LogP contribution in [0, 0.1) is 35.5 Å². The van der Waals surface area contributed by atoms with Crippen molar-refractivity contribution < 1.29 is 76.9 Å². The number of alkyl carbamates (subject to hydrolysis) is 1. The minimum Gasteiger partial charge on any atom is -0.450 e. The molecule has 6 N–H and O–H groups in total. The van der Waals surface area contributed by atoms with E-state index in [0.29, 0.717) is 45.3 Å². The number of carbonyl (C=O) groups is 12. The molecule has 1 aliphatic carbocycles. The van der Waals surface area contributed by atoms with Gasteiger partial charge in [-0.1, -0.05) is 95.9 Å². The van der Waals surface area contributed by atoms with Gasteiger partial charge in [0.05, 0.1) is 32.0 Å². The molecule has 14 atom stereocenters. The van der Waals surface area contributed by atoms with Crippen molar-refractivity contribution in [2.45, 2.75) is 273 Å². The summed E-state index contributed by atoms with van der Waals surface area (Å²) in [5.74, 6) is -10.3. The molecule has 103 heavy (non-hydrogen) atoms. The van der Waals surface area contributed by atoms with E-state index in [0.717, 1.165) is 53.6 Å². The van der Waals surface area contributed by atoms with Crippen LogP contribution in [-0.4, -0.2) is 295 Å². The van der Waals surface area contributed by atoms with E-state index in [1.165, 1.54) is 89.7 Å². The van der Waals surface area contributed by atoms with Crippen LogP contribution in [-0.2, 0) is 67.0 Å². The second-order valence-corrected chi connectivity index (χ2v) is 31.1. The van der Waals surface area contributed by atoms with E-state index in [4.69, 9.17) is 14.2 Å². The fourth-order valence-corrected chi connectivity index (χ4v) is 13.3. The lowest BCUT2D eigenvalue weighted by Gasteiger charge is -2.41. The number of hydrogen-bond acceptors (Lipinski definition) is 17. The molecule has 0 radical (unpaired) electrons. The Labute approximate surface area is 614 Å². The Morgan fingerprint density at radius 1 is 0.505 bits per heavy atom. The van der Waals surface area contributed by atoms with Crippen LogP contribution < -0.4 is 26.6 Å². The zero-order valence-corrected chi connectivity index (χ0v) is 66.6. The number of carbonyl (C=O) groups excluding carboxylic acids is 12. The van der Waals surface area contributed by atoms with Crippen molar-refractivity contribution >= 4 is 71.1 Å². The lowest BCUT2D eigenvalue weighted by molar-refractivity contribution is -0.157. The van der Waals surface area contributed by atoms with E-state index in [1.807, 2.05) is 41.5 Å². The van der Waals surface area contributed by atoms with Gasteiger partial charge in [0.25, 0.3) is 0 Å². The molecule has 0 aromatic heterocycles. The number of likely N-dealkylation sites (N-methyl/N-ethyl adjacent to an activating group) is 7. The molecule has 2 aliphatic heterocycles. The third kappa shape index (κ3) is 27.0. The molecule has 29 nitrogen and oxygen atoms in total. The molecule has 2 saturated heterocycles. The highest BCUT2D eigenvalue weighted by Crippen LogP contribution is 2.27. The number of hydrogen-bond donors (Lipinski definition) is 6. The van der Waals surface area contributed by atoms with Gasteiger partial charge >= 0.3 is 6.09 Å². The highest BCUT2D eigenvalue weighted by atomic mass is 16.5. The minimum atomic E-state index is -1.69. The van der Waals surface area contributed by atoms with Crippen LogP contribution in [0.4, 0.5) is 4.79 Å². The van der Waals surface area contributed by atoms with E-state index >= 15 is 28.8 Å². The molecular weight excluding hydrogens is 1330 g/mol. The summed E-state index contributed by atoms with van der Waals surface area (Å²) >= 11 is 0. The van der Waals surface area contributed by atoms with Crippen LogP contribution in [0.2, 0.25) is 0 Å². The Balaban J connectivity index is 2.29. The van der Waals surface area contributed by atoms with Gasteiger partial charge in [0.1, 0.15) is 66.5 Å². The summed E-state index contributed by atoms with van der Waals surface area (Å²) < 4.78 is 17.2. The summed E-state index contributed by atoms with van der Waals surface area (Å²) in [6, 6.07) is -14.3. The predicted octanol–water partition coefficient (Wildman–Crippen LogP) is 3.61. The van der Waals surface area contributed by atoms with Gasteiger partial charge in [-0.2, -0.15) is 0 Å². The average Bonchev–Trinajstić information content (AvgIpc) is 1.69. The Kier molecular flexibility index (Phi) is 37.8. The van der Waals surface area contributed by atoms with Crippen LogP contribution in [0.15, 0.2) is 0 Å². The molecule has 0 bridgehead atoms. The first kappa shape index (κ1) is 90.5. The standard InChI is InChI=1S/C74H133N13O16/c1-24-54-69(95)80(17)51(15)68(94)85(22)60(52(16)102-36-29-27-33-87-34-38-101-39-35-87)65(91)79-58(46(8)9)72(98)81(18)55(40-43(2)3)64(90)75-49(13)63(89)76-50(14)67(93)82(19)56(41-44(4)5)70(96)83(20)57(42-45(6)7)71(97)84(21)59(47(10)11)73(99)86(23)61(66(92)78-54)62(88)48(12)30-26-25-28-37-103-74(100)77-53-31-32-53/h43-62,88H,24-42H2,1-23H3,(H,75,90)(H,76,89)(H,77,100)(H,78,92)(H,79,91)/t48-,49+,50-,51-,52-,54+,55+,56+,57+,58+,59+,60+,61+,62-/m1/s1. The number of rotatable bonds is 25. The number of nitrogens with zero attached hydrogens (tertiary/aromatic N) is 8. The summed E-state index contributed by atoms with van der Waals surface area (Å²) in [7, 11) is 9.87. The molecule has 12 amide bonds. The molecule has 0 aromatic rings. The molecular formula is C74H133N13O16. The first-order valence-corrected chi connectivity index (χ1v) is 37.7. The van der Waals surface area contributed by atoms with Crippen molar-refractivity contribution in [1.29, 1.82) is 0 Å². The lowest BCUT2D eigenvalue weighted by Crippen LogP contribution is -2.64. The van der Waals surface area contributed by atoms with Crippen molar-refractivity contribution in [3.8, 4) is 0 Å². The lowest BCUT2D eigenvalue weighted by atomic mass is 9.90. The first-order chi connectivity index (χ1) is 48.1. The maximum Gasteiger partial charge on any atom is 0.407 e. The minimum absolute atomic E-state index is 0.0347. The highest BCUT2D eigenvalue weighted by molar-refractivity contribution is 6.00. The summed E-state index contributed by atoms with van der Waals surface area (Å²) in [5, 5.41) is 26.4. The van der Waals surface area contributed by atoms with Crippen molar-refractivity contribution in [1.82, 2.24) is 65.8 Å². The van der Waals surface area contributed by atoms with Gasteiger partial charge in [0, 0.05) is 75.1 Å². The highest BCUT2D eigenvalue weighted by Gasteiger charge is 2.47. The van der Waals surface area contributed by atoms with Crippen LogP contribution >= 0.6 is 0 Å². The maximum absolute atomic E-state index is 15.5. The fourth-order valence-electron chi connectivity index (χ4n) is 13.3. The quantitative estimate of drug-likeness (QED) is 0.0711. The van der Waals surface area contributed by atoms with E-state index in [9.17, 15) is 33.9 Å². The van der Waals surface area contributed by atoms with Gasteiger partial charge in [0.2, 0.25) is 65.0 Å². The zero-order valence-electron chi connectivity index (χ0n) is 66.6. The topological polar surface area (TPSA) is 339 Å². The van der Waals surface area contributed by atoms with Gasteiger partial charge in [-0.05, 0) is 134 Å². The molecule has 1 saturated carbocycles. The SMILES string of the molecule is CC[C@@H]1NC(=O)[C@H]([C@H](O)[C@H](C)CCCCCOC(=O)NC2CC2)N(C)C(=O)[C@H](C(C)C)N(C)C(=O)[C@H](CC(C)C)N(C)C(=O)[C@H](CC(C)C)N(C)C(=O)[C@@H](C)NC(=O)[C@H](C)NC(=O)[C@H](CC(C)C)N(C)C(=O)[C@H](C(C)C)NC(=O)[C@H]([C@@H](C)OCCCCN2CCOCC2)N(C)C(=O)[C@@H](C)N(C)C1=O. The number of nitrogens with one attached hydrogen (secondary N) is 5. The van der Waals surface area contributed by atoms with E-state index in [1.54, 1.807) is 48.5 Å². The molecule has 29 heteroatoms. The number of morpholine rings is 1. The van der Waals surface area contributed by atoms with Gasteiger partial charge in [-0.15, -0.1) is 0 Å². The van der Waals surface area contributed by atoms with Gasteiger partial charge in [0.15, 0.2) is 0 Å². The molecule has 2 heterocycles. The van der Waals surface area contributed by atoms with Crippen molar-refractivity contribution in [2.24, 2.45) is 35.5 Å². The Hall–Kier alpha value is -6.72. The summed E-state index contributed by atoms with van der Waals surface area (Å²) in [6.07, 6.45) is 2.44. The zero-order chi connectivity index (χ0) is 78.2. The third-order valence-electron chi connectivity index (χ3n) is 20.3. The summed E-state index contributed by atoms with van der Waals surface area (Å²) in [4.78, 5) is 187. The molecule has 0 spiro atoms. The Morgan fingerprint density at radius 2 is 1.00 bits per heavy atom. The smallest absolute Gasteiger partial charge is 0.407 e. The van der Waals surface area contributed by atoms with Crippen LogP contribution in [0.3, 0.4) is 0 Å². The van der Waals surface area contributed by atoms with E-state index in [2.05, 4.69) is 31.5 Å². The second kappa shape index (κ2) is 43.0. The van der Waals surface area contributed by atoms with Crippen LogP contribution in [0.5, 0.6) is 0 Å². The fraction of sp³-hybridized carbons (Fsp3) is 0.838. The monoisotopic (exact) mass is 1460 g/mol. The molecule has 590 valence electrons. The average molecular weight is 1460 g/mol. The molecule has 0 aromatic carbocycles. The first-order valence-electron chi connectivity index (χ1n) is 37.7. The molecule has 3 fully saturated rings. The van der Waals surface area contributed by atoms with Crippen molar-refractivity contribution in [2.75, 3.05) is 95.4 Å². The number of aliphatic hydroxyl groups excluding tert-OH is 1. The normalized spacial score (nSPS) is 26.9. The number of aliphatic hydroxyl groups is 1. The third-order valence-corrected chi connectivity index (χ3v) is 20.3. The second-order valence-electron chi connectivity index (χ2n) is 31.1. The summed E-state index contributed by atoms with van der Waals surface area (Å²) in [5.41, 5.74) is 0. The van der Waals surface area contributed by atoms with E-state index < -0.39 is 167 Å².